The van der Waals surface area contributed by atoms with Gasteiger partial charge in [0.05, 0.1) is 24.9 Å². The maximum Gasteiger partial charge on any atom is 0.341 e. The molecule has 4 rings (SSSR count). The van der Waals surface area contributed by atoms with Gasteiger partial charge in [0.1, 0.15) is 17.4 Å². The molecule has 1 N–H and O–H groups in total. The third kappa shape index (κ3) is 3.34. The van der Waals surface area contributed by atoms with Crippen LogP contribution < -0.4 is 10.2 Å². The van der Waals surface area contributed by atoms with E-state index in [1.165, 1.54) is 12.3 Å². The first-order valence-electron chi connectivity index (χ1n) is 9.70. The number of ether oxygens (including phenoxy) is 3. The first-order chi connectivity index (χ1) is 13.8. The van der Waals surface area contributed by atoms with Crippen LogP contribution in [0, 0.1) is 5.41 Å². The summed E-state index contributed by atoms with van der Waals surface area (Å²) in [4.78, 5) is 23.9. The lowest BCUT2D eigenvalue weighted by molar-refractivity contribution is 0.0692. The van der Waals surface area contributed by atoms with E-state index in [1.54, 1.807) is 7.11 Å². The number of hydrogen-bond donors (Lipinski definition) is 1. The van der Waals surface area contributed by atoms with Crippen LogP contribution in [0.15, 0.2) is 35.3 Å². The minimum atomic E-state index is -1.22. The second-order valence-corrected chi connectivity index (χ2v) is 8.26. The van der Waals surface area contributed by atoms with E-state index in [0.717, 1.165) is 23.3 Å². The standard InChI is InChI=1S/C22H25NO6/c1-22(2)12-29-19-15-9-13(28-8-4-7-27-3)5-6-14(15)17-10-18(24)16(21(25)26)11-23(17)20(19)22/h5-6,9-11,19-20H,4,7-8,12H2,1-3H3,(H,25,26)/t19-,20+/m1/s1. The summed E-state index contributed by atoms with van der Waals surface area (Å²) in [6.45, 7) is 5.90. The van der Waals surface area contributed by atoms with E-state index in [1.807, 2.05) is 22.8 Å². The third-order valence-corrected chi connectivity index (χ3v) is 5.70. The number of pyridine rings is 1. The number of carbonyl (C=O) groups is 1. The third-order valence-electron chi connectivity index (χ3n) is 5.70. The normalized spacial score (nSPS) is 21.2. The van der Waals surface area contributed by atoms with E-state index in [-0.39, 0.29) is 23.1 Å². The minimum Gasteiger partial charge on any atom is -0.493 e. The van der Waals surface area contributed by atoms with Crippen LogP contribution in [0.1, 0.15) is 48.3 Å². The van der Waals surface area contributed by atoms with Crippen molar-refractivity contribution in [2.45, 2.75) is 32.4 Å². The largest absolute Gasteiger partial charge is 0.493 e. The second kappa shape index (κ2) is 7.31. The van der Waals surface area contributed by atoms with E-state index in [9.17, 15) is 14.7 Å². The Bertz CT molecular complexity index is 1010. The van der Waals surface area contributed by atoms with E-state index in [2.05, 4.69) is 13.8 Å². The molecule has 2 aromatic rings. The smallest absolute Gasteiger partial charge is 0.341 e. The Balaban J connectivity index is 1.82. The zero-order valence-electron chi connectivity index (χ0n) is 16.8. The quantitative estimate of drug-likeness (QED) is 0.750. The summed E-state index contributed by atoms with van der Waals surface area (Å²) in [6.07, 6.45) is 2.02. The van der Waals surface area contributed by atoms with Gasteiger partial charge >= 0.3 is 5.97 Å². The van der Waals surface area contributed by atoms with Crippen molar-refractivity contribution in [3.8, 4) is 17.0 Å². The minimum absolute atomic E-state index is 0.118. The predicted molar refractivity (Wildman–Crippen MR) is 107 cm³/mol. The molecule has 0 saturated carbocycles. The Morgan fingerprint density at radius 2 is 2.10 bits per heavy atom. The fourth-order valence-electron chi connectivity index (χ4n) is 4.32. The summed E-state index contributed by atoms with van der Waals surface area (Å²) < 4.78 is 19.0. The Hall–Kier alpha value is -2.64. The van der Waals surface area contributed by atoms with Crippen molar-refractivity contribution in [3.63, 3.8) is 0 Å². The molecule has 0 unspecified atom stereocenters. The molecule has 1 aromatic heterocycles. The number of hydrogen-bond acceptors (Lipinski definition) is 5. The Morgan fingerprint density at radius 1 is 1.31 bits per heavy atom. The molecule has 1 fully saturated rings. The molecule has 2 aliphatic heterocycles. The van der Waals surface area contributed by atoms with Gasteiger partial charge in [-0.25, -0.2) is 4.79 Å². The topological polar surface area (TPSA) is 87.0 Å². The number of fused-ring (bicyclic) bond motifs is 6. The van der Waals surface area contributed by atoms with Crippen molar-refractivity contribution in [2.24, 2.45) is 5.41 Å². The lowest BCUT2D eigenvalue weighted by atomic mass is 9.78. The number of aromatic nitrogens is 1. The molecule has 7 heteroatoms. The van der Waals surface area contributed by atoms with Crippen molar-refractivity contribution in [3.05, 3.63) is 51.8 Å². The molecule has 2 aliphatic rings. The molecule has 0 amide bonds. The number of carboxylic acid groups (broad SMARTS) is 1. The highest BCUT2D eigenvalue weighted by Gasteiger charge is 2.49. The van der Waals surface area contributed by atoms with Crippen LogP contribution in [0.5, 0.6) is 5.75 Å². The average molecular weight is 399 g/mol. The summed E-state index contributed by atoms with van der Waals surface area (Å²) in [6, 6.07) is 7.06. The summed E-state index contributed by atoms with van der Waals surface area (Å²) in [5.74, 6) is -0.478. The van der Waals surface area contributed by atoms with Crippen LogP contribution in [0.3, 0.4) is 0 Å². The Labute approximate surface area is 168 Å². The van der Waals surface area contributed by atoms with Crippen molar-refractivity contribution in [1.82, 2.24) is 4.57 Å². The Morgan fingerprint density at radius 3 is 2.83 bits per heavy atom. The zero-order chi connectivity index (χ0) is 20.8. The monoisotopic (exact) mass is 399 g/mol. The highest BCUT2D eigenvalue weighted by molar-refractivity contribution is 5.87. The highest BCUT2D eigenvalue weighted by atomic mass is 16.5. The molecule has 0 spiro atoms. The lowest BCUT2D eigenvalue weighted by Gasteiger charge is -2.37. The summed E-state index contributed by atoms with van der Waals surface area (Å²) in [5.41, 5.74) is 1.59. The average Bonchev–Trinajstić information content (AvgIpc) is 3.00. The van der Waals surface area contributed by atoms with Gasteiger partial charge in [0, 0.05) is 43.4 Å². The molecule has 1 saturated heterocycles. The molecule has 7 nitrogen and oxygen atoms in total. The van der Waals surface area contributed by atoms with Gasteiger partial charge in [-0.05, 0) is 23.8 Å². The van der Waals surface area contributed by atoms with Crippen LogP contribution in [-0.2, 0) is 9.47 Å². The van der Waals surface area contributed by atoms with Crippen LogP contribution in [0.2, 0.25) is 0 Å². The number of methoxy groups -OCH3 is 1. The van der Waals surface area contributed by atoms with Gasteiger partial charge in [-0.2, -0.15) is 0 Å². The first-order valence-corrected chi connectivity index (χ1v) is 9.70. The number of aromatic carboxylic acids is 1. The van der Waals surface area contributed by atoms with Crippen molar-refractivity contribution in [1.29, 1.82) is 0 Å². The van der Waals surface area contributed by atoms with E-state index in [4.69, 9.17) is 14.2 Å². The predicted octanol–water partition coefficient (Wildman–Crippen LogP) is 3.28. The molecule has 0 radical (unpaired) electrons. The van der Waals surface area contributed by atoms with Gasteiger partial charge in [-0.15, -0.1) is 0 Å². The van der Waals surface area contributed by atoms with E-state index in [0.29, 0.717) is 25.5 Å². The summed E-state index contributed by atoms with van der Waals surface area (Å²) in [5, 5.41) is 9.42. The first kappa shape index (κ1) is 19.7. The molecule has 3 heterocycles. The molecular formula is C22H25NO6. The van der Waals surface area contributed by atoms with Gasteiger partial charge in [-0.3, -0.25) is 4.79 Å². The van der Waals surface area contributed by atoms with Crippen LogP contribution in [0.4, 0.5) is 0 Å². The molecular weight excluding hydrogens is 374 g/mol. The van der Waals surface area contributed by atoms with Gasteiger partial charge < -0.3 is 23.9 Å². The van der Waals surface area contributed by atoms with Crippen LogP contribution in [-0.4, -0.2) is 42.6 Å². The van der Waals surface area contributed by atoms with Gasteiger partial charge in [0.2, 0.25) is 0 Å². The molecule has 0 aliphatic carbocycles. The van der Waals surface area contributed by atoms with Crippen molar-refractivity contribution in [2.75, 3.05) is 26.9 Å². The zero-order valence-corrected chi connectivity index (χ0v) is 16.8. The molecule has 0 bridgehead atoms. The number of carboxylic acids is 1. The fraction of sp³-hybridized carbons (Fsp3) is 0.455. The maximum atomic E-state index is 12.4. The number of benzene rings is 1. The van der Waals surface area contributed by atoms with Gasteiger partial charge in [-0.1, -0.05) is 13.8 Å². The molecule has 2 atom stereocenters. The fourth-order valence-corrected chi connectivity index (χ4v) is 4.32. The van der Waals surface area contributed by atoms with Crippen molar-refractivity contribution >= 4 is 5.97 Å². The molecule has 154 valence electrons. The van der Waals surface area contributed by atoms with E-state index < -0.39 is 11.4 Å². The van der Waals surface area contributed by atoms with Gasteiger partial charge in [0.25, 0.3) is 0 Å². The molecule has 29 heavy (non-hydrogen) atoms. The van der Waals surface area contributed by atoms with Crippen molar-refractivity contribution < 1.29 is 24.1 Å². The van der Waals surface area contributed by atoms with Gasteiger partial charge in [0.15, 0.2) is 5.43 Å². The summed E-state index contributed by atoms with van der Waals surface area (Å²) >= 11 is 0. The highest BCUT2D eigenvalue weighted by Crippen LogP contribution is 2.55. The van der Waals surface area contributed by atoms with Crippen LogP contribution in [0.25, 0.3) is 11.3 Å². The van der Waals surface area contributed by atoms with E-state index >= 15 is 0 Å². The van der Waals surface area contributed by atoms with Crippen LogP contribution >= 0.6 is 0 Å². The maximum absolute atomic E-state index is 12.4. The SMILES string of the molecule is COCCCOc1ccc2c(c1)[C@H]1OCC(C)(C)[C@H]1n1cc(C(=O)O)c(=O)cc1-2. The Kier molecular flexibility index (Phi) is 4.96. The number of nitrogens with zero attached hydrogens (tertiary/aromatic N) is 1. The summed E-state index contributed by atoms with van der Waals surface area (Å²) in [7, 11) is 1.66. The lowest BCUT2D eigenvalue weighted by Crippen LogP contribution is -2.33. The number of rotatable bonds is 6. The second-order valence-electron chi connectivity index (χ2n) is 8.26. The molecule has 1 aromatic carbocycles.